The summed E-state index contributed by atoms with van der Waals surface area (Å²) in [6.45, 7) is 1.92. The van der Waals surface area contributed by atoms with Crippen molar-refractivity contribution in [2.75, 3.05) is 14.2 Å². The lowest BCUT2D eigenvalue weighted by atomic mass is 10.0. The zero-order valence-corrected chi connectivity index (χ0v) is 10.6. The molecule has 4 nitrogen and oxygen atoms in total. The van der Waals surface area contributed by atoms with E-state index in [2.05, 4.69) is 4.98 Å². The van der Waals surface area contributed by atoms with Crippen molar-refractivity contribution in [3.63, 3.8) is 0 Å². The van der Waals surface area contributed by atoms with Gasteiger partial charge in [-0.15, -0.1) is 0 Å². The molecule has 0 atom stereocenters. The van der Waals surface area contributed by atoms with Crippen LogP contribution in [-0.2, 0) is 4.74 Å². The number of methoxy groups -OCH3 is 2. The molecule has 94 valence electrons. The Morgan fingerprint density at radius 1 is 1.17 bits per heavy atom. The number of benzene rings is 1. The van der Waals surface area contributed by atoms with Crippen molar-refractivity contribution in [2.45, 2.75) is 6.92 Å². The second kappa shape index (κ2) is 4.96. The molecule has 1 aromatic heterocycles. The number of aromatic amines is 1. The Labute approximate surface area is 106 Å². The van der Waals surface area contributed by atoms with E-state index >= 15 is 0 Å². The van der Waals surface area contributed by atoms with E-state index in [4.69, 9.17) is 9.47 Å². The highest BCUT2D eigenvalue weighted by Gasteiger charge is 2.17. The van der Waals surface area contributed by atoms with Crippen molar-refractivity contribution in [1.82, 2.24) is 4.98 Å². The lowest BCUT2D eigenvalue weighted by Crippen LogP contribution is -2.01. The normalized spacial score (nSPS) is 10.2. The molecule has 0 radical (unpaired) electrons. The zero-order valence-electron chi connectivity index (χ0n) is 10.6. The number of hydrogen-bond donors (Lipinski definition) is 1. The molecule has 0 bridgehead atoms. The molecule has 0 unspecified atom stereocenters. The van der Waals surface area contributed by atoms with Gasteiger partial charge in [-0.25, -0.2) is 4.79 Å². The summed E-state index contributed by atoms with van der Waals surface area (Å²) >= 11 is 0. The molecular formula is C14H15NO3. The monoisotopic (exact) mass is 245 g/mol. The van der Waals surface area contributed by atoms with Crippen LogP contribution in [0, 0.1) is 6.92 Å². The highest BCUT2D eigenvalue weighted by Crippen LogP contribution is 2.29. The summed E-state index contributed by atoms with van der Waals surface area (Å²) in [4.78, 5) is 14.7. The Bertz CT molecular complexity index is 555. The SMILES string of the molecule is COC(=O)c1c[nH]c(C)c1-c1ccc(OC)cc1. The van der Waals surface area contributed by atoms with Crippen LogP contribution in [0.4, 0.5) is 0 Å². The van der Waals surface area contributed by atoms with Crippen molar-refractivity contribution in [3.8, 4) is 16.9 Å². The first-order chi connectivity index (χ1) is 8.67. The highest BCUT2D eigenvalue weighted by atomic mass is 16.5. The maximum absolute atomic E-state index is 11.7. The van der Waals surface area contributed by atoms with Gasteiger partial charge in [-0.2, -0.15) is 0 Å². The Hall–Kier alpha value is -2.23. The van der Waals surface area contributed by atoms with E-state index in [0.717, 1.165) is 22.6 Å². The smallest absolute Gasteiger partial charge is 0.340 e. The number of H-pyrrole nitrogens is 1. The van der Waals surface area contributed by atoms with Gasteiger partial charge in [0.05, 0.1) is 19.8 Å². The second-order valence-corrected chi connectivity index (χ2v) is 3.92. The first kappa shape index (κ1) is 12.2. The molecule has 0 aliphatic heterocycles. The van der Waals surface area contributed by atoms with Crippen molar-refractivity contribution in [1.29, 1.82) is 0 Å². The van der Waals surface area contributed by atoms with Crippen molar-refractivity contribution in [3.05, 3.63) is 41.7 Å². The topological polar surface area (TPSA) is 51.3 Å². The van der Waals surface area contributed by atoms with Gasteiger partial charge in [0.15, 0.2) is 0 Å². The first-order valence-corrected chi connectivity index (χ1v) is 5.58. The molecule has 0 saturated heterocycles. The first-order valence-electron chi connectivity index (χ1n) is 5.58. The number of ether oxygens (including phenoxy) is 2. The van der Waals surface area contributed by atoms with E-state index in [1.54, 1.807) is 13.3 Å². The molecule has 0 fully saturated rings. The summed E-state index contributed by atoms with van der Waals surface area (Å²) in [5, 5.41) is 0. The third-order valence-corrected chi connectivity index (χ3v) is 2.86. The van der Waals surface area contributed by atoms with E-state index in [1.165, 1.54) is 7.11 Å². The van der Waals surface area contributed by atoms with Gasteiger partial charge in [-0.3, -0.25) is 0 Å². The number of carbonyl (C=O) groups is 1. The van der Waals surface area contributed by atoms with Gasteiger partial charge < -0.3 is 14.5 Å². The zero-order chi connectivity index (χ0) is 13.1. The Kier molecular flexibility index (Phi) is 3.37. The van der Waals surface area contributed by atoms with Crippen LogP contribution in [0.25, 0.3) is 11.1 Å². The highest BCUT2D eigenvalue weighted by molar-refractivity contribution is 5.98. The largest absolute Gasteiger partial charge is 0.497 e. The van der Waals surface area contributed by atoms with Crippen LogP contribution in [0.3, 0.4) is 0 Å². The number of rotatable bonds is 3. The minimum Gasteiger partial charge on any atom is -0.497 e. The molecule has 0 aliphatic rings. The molecule has 1 N–H and O–H groups in total. The third-order valence-electron chi connectivity index (χ3n) is 2.86. The lowest BCUT2D eigenvalue weighted by molar-refractivity contribution is 0.0602. The Morgan fingerprint density at radius 3 is 2.39 bits per heavy atom. The van der Waals surface area contributed by atoms with Crippen LogP contribution in [0.5, 0.6) is 5.75 Å². The molecule has 2 rings (SSSR count). The van der Waals surface area contributed by atoms with Gasteiger partial charge in [0.2, 0.25) is 0 Å². The molecule has 18 heavy (non-hydrogen) atoms. The maximum Gasteiger partial charge on any atom is 0.340 e. The quantitative estimate of drug-likeness (QED) is 0.846. The van der Waals surface area contributed by atoms with Crippen molar-refractivity contribution >= 4 is 5.97 Å². The molecule has 0 spiro atoms. The number of esters is 1. The fourth-order valence-corrected chi connectivity index (χ4v) is 1.93. The van der Waals surface area contributed by atoms with E-state index in [-0.39, 0.29) is 5.97 Å². The number of carbonyl (C=O) groups excluding carboxylic acids is 1. The van der Waals surface area contributed by atoms with Gasteiger partial charge in [0.25, 0.3) is 0 Å². The molecule has 0 saturated carbocycles. The van der Waals surface area contributed by atoms with Gasteiger partial charge in [-0.1, -0.05) is 12.1 Å². The van der Waals surface area contributed by atoms with Crippen LogP contribution >= 0.6 is 0 Å². The summed E-state index contributed by atoms with van der Waals surface area (Å²) < 4.78 is 9.89. The predicted molar refractivity (Wildman–Crippen MR) is 68.9 cm³/mol. The minimum atomic E-state index is -0.342. The van der Waals surface area contributed by atoms with Crippen LogP contribution in [0.15, 0.2) is 30.5 Å². The van der Waals surface area contributed by atoms with Crippen molar-refractivity contribution < 1.29 is 14.3 Å². The summed E-state index contributed by atoms with van der Waals surface area (Å²) in [6.07, 6.45) is 1.67. The average molecular weight is 245 g/mol. The fraction of sp³-hybridized carbons (Fsp3) is 0.214. The summed E-state index contributed by atoms with van der Waals surface area (Å²) in [5.74, 6) is 0.441. The van der Waals surface area contributed by atoms with E-state index in [9.17, 15) is 4.79 Å². The number of aryl methyl sites for hydroxylation is 1. The Balaban J connectivity index is 2.48. The molecule has 1 aromatic carbocycles. The van der Waals surface area contributed by atoms with Crippen molar-refractivity contribution in [2.24, 2.45) is 0 Å². The number of hydrogen-bond acceptors (Lipinski definition) is 3. The molecule has 2 aromatic rings. The number of nitrogens with one attached hydrogen (secondary N) is 1. The lowest BCUT2D eigenvalue weighted by Gasteiger charge is -2.06. The van der Waals surface area contributed by atoms with E-state index in [1.807, 2.05) is 31.2 Å². The van der Waals surface area contributed by atoms with Gasteiger partial charge in [-0.05, 0) is 24.6 Å². The molecule has 1 heterocycles. The fourth-order valence-electron chi connectivity index (χ4n) is 1.93. The van der Waals surface area contributed by atoms with E-state index in [0.29, 0.717) is 5.56 Å². The number of aromatic nitrogens is 1. The van der Waals surface area contributed by atoms with Gasteiger partial charge in [0.1, 0.15) is 5.75 Å². The third kappa shape index (κ3) is 2.09. The van der Waals surface area contributed by atoms with Crippen LogP contribution in [-0.4, -0.2) is 25.2 Å². The summed E-state index contributed by atoms with van der Waals surface area (Å²) in [7, 11) is 3.00. The standard InChI is InChI=1S/C14H15NO3/c1-9-13(12(8-15-9)14(16)18-3)10-4-6-11(17-2)7-5-10/h4-8,15H,1-3H3. The molecule has 0 aliphatic carbocycles. The Morgan fingerprint density at radius 2 is 1.83 bits per heavy atom. The molecule has 0 amide bonds. The predicted octanol–water partition coefficient (Wildman–Crippen LogP) is 2.79. The van der Waals surface area contributed by atoms with Crippen LogP contribution in [0.2, 0.25) is 0 Å². The van der Waals surface area contributed by atoms with Gasteiger partial charge in [0, 0.05) is 17.5 Å². The molecule has 4 heteroatoms. The summed E-state index contributed by atoms with van der Waals surface area (Å²) in [6, 6.07) is 7.56. The maximum atomic E-state index is 11.7. The van der Waals surface area contributed by atoms with E-state index < -0.39 is 0 Å². The average Bonchev–Trinajstić information content (AvgIpc) is 2.80. The van der Waals surface area contributed by atoms with Crippen LogP contribution in [0.1, 0.15) is 16.1 Å². The van der Waals surface area contributed by atoms with Crippen LogP contribution < -0.4 is 4.74 Å². The molecular weight excluding hydrogens is 230 g/mol. The summed E-state index contributed by atoms with van der Waals surface area (Å²) in [5.41, 5.74) is 3.29. The second-order valence-electron chi connectivity index (χ2n) is 3.92. The minimum absolute atomic E-state index is 0.342. The van der Waals surface area contributed by atoms with Gasteiger partial charge >= 0.3 is 5.97 Å².